The lowest BCUT2D eigenvalue weighted by Gasteiger charge is -2.36. The Bertz CT molecular complexity index is 830. The van der Waals surface area contributed by atoms with Gasteiger partial charge in [-0.05, 0) is 42.5 Å². The average Bonchev–Trinajstić information content (AvgIpc) is 2.78. The summed E-state index contributed by atoms with van der Waals surface area (Å²) in [7, 11) is -2.16. The fourth-order valence-corrected chi connectivity index (χ4v) is 6.20. The van der Waals surface area contributed by atoms with Gasteiger partial charge >= 0.3 is 0 Å². The highest BCUT2D eigenvalue weighted by molar-refractivity contribution is 7.89. The Labute approximate surface area is 192 Å². The van der Waals surface area contributed by atoms with Crippen LogP contribution in [0.2, 0.25) is 0 Å². The third-order valence-electron chi connectivity index (χ3n) is 6.35. The monoisotopic (exact) mass is 466 g/mol. The van der Waals surface area contributed by atoms with Crippen LogP contribution in [0.25, 0.3) is 0 Å². The Balaban J connectivity index is 1.70. The number of methoxy groups -OCH3 is 1. The van der Waals surface area contributed by atoms with Gasteiger partial charge < -0.3 is 19.9 Å². The topological polar surface area (TPSA) is 82.2 Å². The predicted octanol–water partition coefficient (Wildman–Crippen LogP) is 1.49. The van der Waals surface area contributed by atoms with Crippen molar-refractivity contribution in [2.75, 3.05) is 66.0 Å². The Morgan fingerprint density at radius 2 is 1.72 bits per heavy atom. The molecule has 2 atom stereocenters. The molecular weight excluding hydrogens is 428 g/mol. The summed E-state index contributed by atoms with van der Waals surface area (Å²) in [6.45, 7) is 10.6. The fourth-order valence-electron chi connectivity index (χ4n) is 4.77. The van der Waals surface area contributed by atoms with E-state index in [4.69, 9.17) is 4.74 Å². The number of nitrogens with zero attached hydrogens (tertiary/aromatic N) is 3. The number of hydrogen-bond acceptors (Lipinski definition) is 6. The smallest absolute Gasteiger partial charge is 0.243 e. The largest absolute Gasteiger partial charge is 0.497 e. The number of nitrogens with one attached hydrogen (secondary N) is 1. The summed E-state index contributed by atoms with van der Waals surface area (Å²) in [6, 6.07) is 6.46. The number of benzene rings is 1. The van der Waals surface area contributed by atoms with Crippen molar-refractivity contribution in [3.8, 4) is 5.75 Å². The Kier molecular flexibility index (Phi) is 8.93. The van der Waals surface area contributed by atoms with Crippen LogP contribution < -0.4 is 10.1 Å². The zero-order chi connectivity index (χ0) is 23.1. The summed E-state index contributed by atoms with van der Waals surface area (Å²) >= 11 is 0. The summed E-state index contributed by atoms with van der Waals surface area (Å²) in [5.41, 5.74) is 0. The van der Waals surface area contributed by atoms with Gasteiger partial charge in [0.05, 0.1) is 12.0 Å². The van der Waals surface area contributed by atoms with Crippen LogP contribution in [0.5, 0.6) is 5.75 Å². The van der Waals surface area contributed by atoms with Crippen molar-refractivity contribution in [1.29, 1.82) is 0 Å². The fraction of sp³-hybridized carbons (Fsp3) is 0.696. The molecule has 0 unspecified atom stereocenters. The van der Waals surface area contributed by atoms with Crippen molar-refractivity contribution in [2.24, 2.45) is 11.8 Å². The van der Waals surface area contributed by atoms with E-state index in [1.165, 1.54) is 10.7 Å². The molecule has 2 fully saturated rings. The molecule has 180 valence electrons. The second kappa shape index (κ2) is 11.4. The van der Waals surface area contributed by atoms with Crippen LogP contribution in [0.15, 0.2) is 29.2 Å². The Morgan fingerprint density at radius 1 is 1.09 bits per heavy atom. The zero-order valence-electron chi connectivity index (χ0n) is 19.6. The minimum absolute atomic E-state index is 0.0154. The molecule has 32 heavy (non-hydrogen) atoms. The third kappa shape index (κ3) is 6.66. The summed E-state index contributed by atoms with van der Waals surface area (Å²) in [5, 5.41) is 3.24. The van der Waals surface area contributed by atoms with Crippen molar-refractivity contribution in [3.63, 3.8) is 0 Å². The maximum atomic E-state index is 13.5. The van der Waals surface area contributed by atoms with Crippen molar-refractivity contribution < 1.29 is 17.9 Å². The molecule has 2 heterocycles. The number of sulfonamides is 1. The van der Waals surface area contributed by atoms with Crippen molar-refractivity contribution in [1.82, 2.24) is 19.4 Å². The highest BCUT2D eigenvalue weighted by Crippen LogP contribution is 2.23. The molecule has 1 aromatic carbocycles. The Hall–Kier alpha value is -1.68. The van der Waals surface area contributed by atoms with Crippen LogP contribution in [0, 0.1) is 11.8 Å². The Morgan fingerprint density at radius 3 is 2.31 bits per heavy atom. The van der Waals surface area contributed by atoms with Crippen molar-refractivity contribution >= 4 is 15.9 Å². The van der Waals surface area contributed by atoms with E-state index >= 15 is 0 Å². The number of hydrogen-bond donors (Lipinski definition) is 1. The second-order valence-electron chi connectivity index (χ2n) is 9.17. The molecule has 1 amide bonds. The van der Waals surface area contributed by atoms with Gasteiger partial charge in [-0.25, -0.2) is 8.42 Å². The van der Waals surface area contributed by atoms with Gasteiger partial charge in [0, 0.05) is 65.3 Å². The number of carbonyl (C=O) groups is 1. The van der Waals surface area contributed by atoms with Crippen LogP contribution in [0.3, 0.4) is 0 Å². The van der Waals surface area contributed by atoms with E-state index in [2.05, 4.69) is 24.1 Å². The zero-order valence-corrected chi connectivity index (χ0v) is 20.4. The second-order valence-corrected chi connectivity index (χ2v) is 11.1. The van der Waals surface area contributed by atoms with Gasteiger partial charge in [0.2, 0.25) is 15.9 Å². The quantitative estimate of drug-likeness (QED) is 0.594. The SMILES string of the molecule is COc1ccc(S(=O)(=O)N(CCC(=O)N2CCNCC2)CCN2C[C@H](C)C[C@H](C)C2)cc1. The minimum Gasteiger partial charge on any atom is -0.497 e. The molecule has 0 saturated carbocycles. The molecule has 2 saturated heterocycles. The predicted molar refractivity (Wildman–Crippen MR) is 125 cm³/mol. The molecule has 2 aliphatic heterocycles. The van der Waals surface area contributed by atoms with Crippen molar-refractivity contribution in [2.45, 2.75) is 31.6 Å². The van der Waals surface area contributed by atoms with Gasteiger partial charge in [-0.15, -0.1) is 0 Å². The van der Waals surface area contributed by atoms with Gasteiger partial charge in [-0.2, -0.15) is 4.31 Å². The summed E-state index contributed by atoms with van der Waals surface area (Å²) in [6.07, 6.45) is 1.41. The molecule has 0 aromatic heterocycles. The molecule has 0 radical (unpaired) electrons. The van der Waals surface area contributed by atoms with Gasteiger partial charge in [-0.3, -0.25) is 4.79 Å². The van der Waals surface area contributed by atoms with E-state index < -0.39 is 10.0 Å². The lowest BCUT2D eigenvalue weighted by molar-refractivity contribution is -0.131. The van der Waals surface area contributed by atoms with Gasteiger partial charge in [0.15, 0.2) is 0 Å². The minimum atomic E-state index is -3.71. The molecule has 8 nitrogen and oxygen atoms in total. The molecule has 9 heteroatoms. The van der Waals surface area contributed by atoms with E-state index in [9.17, 15) is 13.2 Å². The van der Waals surface area contributed by atoms with Crippen LogP contribution >= 0.6 is 0 Å². The highest BCUT2D eigenvalue weighted by atomic mass is 32.2. The first-order chi connectivity index (χ1) is 15.3. The molecule has 1 N–H and O–H groups in total. The van der Waals surface area contributed by atoms with E-state index in [0.717, 1.165) is 26.2 Å². The summed E-state index contributed by atoms with van der Waals surface area (Å²) < 4.78 is 33.6. The first-order valence-electron chi connectivity index (χ1n) is 11.6. The molecule has 1 aromatic rings. The number of piperazine rings is 1. The number of rotatable bonds is 9. The van der Waals surface area contributed by atoms with E-state index in [1.807, 2.05) is 4.90 Å². The normalized spacial score (nSPS) is 22.8. The molecule has 0 aliphatic carbocycles. The number of carbonyl (C=O) groups excluding carboxylic acids is 1. The molecule has 0 spiro atoms. The maximum absolute atomic E-state index is 13.5. The van der Waals surface area contributed by atoms with E-state index in [1.54, 1.807) is 31.4 Å². The lowest BCUT2D eigenvalue weighted by atomic mass is 9.92. The molecule has 3 rings (SSSR count). The van der Waals surface area contributed by atoms with Gasteiger partial charge in [0.25, 0.3) is 0 Å². The molecule has 0 bridgehead atoms. The summed E-state index contributed by atoms with van der Waals surface area (Å²) in [5.74, 6) is 1.85. The van der Waals surface area contributed by atoms with Crippen LogP contribution in [0.4, 0.5) is 0 Å². The maximum Gasteiger partial charge on any atom is 0.243 e. The third-order valence-corrected chi connectivity index (χ3v) is 8.26. The molecular formula is C23H38N4O4S. The standard InChI is InChI=1S/C23H38N4O4S/c1-19-16-20(2)18-25(17-19)14-15-27(11-8-23(28)26-12-9-24-10-13-26)32(29,30)22-6-4-21(31-3)5-7-22/h4-7,19-20,24H,8-18H2,1-3H3/t19-,20+. The van der Waals surface area contributed by atoms with Crippen molar-refractivity contribution in [3.05, 3.63) is 24.3 Å². The van der Waals surface area contributed by atoms with Crippen LogP contribution in [0.1, 0.15) is 26.7 Å². The first-order valence-corrected chi connectivity index (χ1v) is 13.1. The van der Waals surface area contributed by atoms with Gasteiger partial charge in [0.1, 0.15) is 5.75 Å². The summed E-state index contributed by atoms with van der Waals surface area (Å²) in [4.78, 5) is 17.1. The highest BCUT2D eigenvalue weighted by Gasteiger charge is 2.28. The number of amides is 1. The lowest BCUT2D eigenvalue weighted by Crippen LogP contribution is -2.48. The van der Waals surface area contributed by atoms with Gasteiger partial charge in [-0.1, -0.05) is 13.8 Å². The first kappa shape index (κ1) is 25.0. The van der Waals surface area contributed by atoms with Crippen LogP contribution in [-0.2, 0) is 14.8 Å². The number of piperidine rings is 1. The average molecular weight is 467 g/mol. The van der Waals surface area contributed by atoms with E-state index in [-0.39, 0.29) is 23.8 Å². The number of likely N-dealkylation sites (tertiary alicyclic amines) is 1. The molecule has 2 aliphatic rings. The van der Waals surface area contributed by atoms with E-state index in [0.29, 0.717) is 43.8 Å². The number of ether oxygens (including phenoxy) is 1. The van der Waals surface area contributed by atoms with Crippen LogP contribution in [-0.4, -0.2) is 94.4 Å².